The second-order valence-electron chi connectivity index (χ2n) is 4.71. The van der Waals surface area contributed by atoms with Gasteiger partial charge in [-0.05, 0) is 60.1 Å². The quantitative estimate of drug-likeness (QED) is 0.642. The van der Waals surface area contributed by atoms with Gasteiger partial charge in [-0.25, -0.2) is 0 Å². The van der Waals surface area contributed by atoms with Crippen molar-refractivity contribution in [3.63, 3.8) is 0 Å². The van der Waals surface area contributed by atoms with E-state index in [1.54, 1.807) is 0 Å². The van der Waals surface area contributed by atoms with E-state index in [1.165, 1.54) is 12.8 Å². The summed E-state index contributed by atoms with van der Waals surface area (Å²) in [5.74, 6) is 0.191. The summed E-state index contributed by atoms with van der Waals surface area (Å²) >= 11 is 5.68. The second-order valence-corrected chi connectivity index (χ2v) is 6.79. The van der Waals surface area contributed by atoms with Gasteiger partial charge in [-0.3, -0.25) is 4.79 Å². The first-order chi connectivity index (χ1) is 8.63. The predicted octanol–water partition coefficient (Wildman–Crippen LogP) is 4.46. The summed E-state index contributed by atoms with van der Waals surface area (Å²) in [6.45, 7) is 3.06. The summed E-state index contributed by atoms with van der Waals surface area (Å²) < 4.78 is 2.00. The van der Waals surface area contributed by atoms with Crippen molar-refractivity contribution in [3.8, 4) is 0 Å². The molecule has 0 saturated heterocycles. The Labute approximate surface area is 130 Å². The third-order valence-electron chi connectivity index (χ3n) is 3.16. The van der Waals surface area contributed by atoms with Gasteiger partial charge in [0.15, 0.2) is 0 Å². The Morgan fingerprint density at radius 1 is 1.50 bits per heavy atom. The lowest BCUT2D eigenvalue weighted by Gasteiger charge is -2.23. The molecule has 2 rings (SSSR count). The normalized spacial score (nSPS) is 14.6. The number of unbranched alkanes of at least 4 members (excludes halogenated alkanes) is 1. The molecule has 0 aromatic heterocycles. The zero-order valence-corrected chi connectivity index (χ0v) is 14.2. The lowest BCUT2D eigenvalue weighted by atomic mass is 10.2. The van der Waals surface area contributed by atoms with Crippen LogP contribution in [-0.2, 0) is 0 Å². The molecule has 4 heteroatoms. The van der Waals surface area contributed by atoms with Crippen LogP contribution in [0.4, 0.5) is 0 Å². The van der Waals surface area contributed by atoms with Gasteiger partial charge in [0, 0.05) is 20.6 Å². The minimum Gasteiger partial charge on any atom is -0.336 e. The summed E-state index contributed by atoms with van der Waals surface area (Å²) in [5, 5.41) is 0. The van der Waals surface area contributed by atoms with Crippen molar-refractivity contribution in [2.45, 2.75) is 38.6 Å². The molecular formula is C14H17BrINO. The molecule has 1 aromatic rings. The molecule has 0 heterocycles. The molecule has 0 radical (unpaired) electrons. The van der Waals surface area contributed by atoms with Crippen LogP contribution in [0.15, 0.2) is 22.7 Å². The molecular weight excluding hydrogens is 405 g/mol. The maximum atomic E-state index is 12.6. The van der Waals surface area contributed by atoms with E-state index < -0.39 is 0 Å². The molecule has 18 heavy (non-hydrogen) atoms. The number of nitrogens with zero attached hydrogens (tertiary/aromatic N) is 1. The van der Waals surface area contributed by atoms with Gasteiger partial charge in [0.25, 0.3) is 5.91 Å². The van der Waals surface area contributed by atoms with Crippen LogP contribution in [0.1, 0.15) is 43.0 Å². The number of carbonyl (C=O) groups excluding carboxylic acids is 1. The molecule has 0 aliphatic heterocycles. The third-order valence-corrected chi connectivity index (χ3v) is 4.59. The van der Waals surface area contributed by atoms with Gasteiger partial charge >= 0.3 is 0 Å². The van der Waals surface area contributed by atoms with Gasteiger partial charge in [-0.15, -0.1) is 0 Å². The van der Waals surface area contributed by atoms with Gasteiger partial charge in [0.2, 0.25) is 0 Å². The van der Waals surface area contributed by atoms with Crippen LogP contribution in [0, 0.1) is 3.57 Å². The first-order valence-corrected chi connectivity index (χ1v) is 8.26. The standard InChI is InChI=1S/C14H17BrINO/c1-2-3-8-17(11-5-6-11)14(18)12-9-10(15)4-7-13(12)16/h4,7,9,11H,2-3,5-6,8H2,1H3. The summed E-state index contributed by atoms with van der Waals surface area (Å²) in [7, 11) is 0. The fourth-order valence-electron chi connectivity index (χ4n) is 1.98. The number of amides is 1. The monoisotopic (exact) mass is 421 g/mol. The van der Waals surface area contributed by atoms with Gasteiger partial charge in [-0.1, -0.05) is 29.3 Å². The van der Waals surface area contributed by atoms with Crippen LogP contribution >= 0.6 is 38.5 Å². The number of benzene rings is 1. The number of carbonyl (C=O) groups is 1. The molecule has 1 aliphatic carbocycles. The minimum atomic E-state index is 0.191. The SMILES string of the molecule is CCCCN(C(=O)c1cc(Br)ccc1I)C1CC1. The molecule has 1 fully saturated rings. The van der Waals surface area contributed by atoms with Crippen molar-refractivity contribution < 1.29 is 4.79 Å². The van der Waals surface area contributed by atoms with Crippen LogP contribution in [0.3, 0.4) is 0 Å². The molecule has 0 unspecified atom stereocenters. The summed E-state index contributed by atoms with van der Waals surface area (Å²) in [4.78, 5) is 14.7. The highest BCUT2D eigenvalue weighted by molar-refractivity contribution is 14.1. The van der Waals surface area contributed by atoms with Crippen LogP contribution in [0.5, 0.6) is 0 Å². The zero-order chi connectivity index (χ0) is 13.1. The van der Waals surface area contributed by atoms with E-state index in [9.17, 15) is 4.79 Å². The maximum absolute atomic E-state index is 12.6. The van der Waals surface area contributed by atoms with E-state index >= 15 is 0 Å². The highest BCUT2D eigenvalue weighted by atomic mass is 127. The minimum absolute atomic E-state index is 0.191. The first-order valence-electron chi connectivity index (χ1n) is 6.39. The van der Waals surface area contributed by atoms with E-state index in [0.717, 1.165) is 33.0 Å². The van der Waals surface area contributed by atoms with Gasteiger partial charge in [0.1, 0.15) is 0 Å². The van der Waals surface area contributed by atoms with Crippen molar-refractivity contribution in [3.05, 3.63) is 31.8 Å². The predicted molar refractivity (Wildman–Crippen MR) is 85.8 cm³/mol. The Morgan fingerprint density at radius 2 is 2.22 bits per heavy atom. The summed E-state index contributed by atoms with van der Waals surface area (Å²) in [5.41, 5.74) is 0.827. The second kappa shape index (κ2) is 6.37. The van der Waals surface area contributed by atoms with Crippen LogP contribution in [-0.4, -0.2) is 23.4 Å². The van der Waals surface area contributed by atoms with Crippen molar-refractivity contribution in [2.24, 2.45) is 0 Å². The molecule has 1 aromatic carbocycles. The van der Waals surface area contributed by atoms with Gasteiger partial charge < -0.3 is 4.90 Å². The Balaban J connectivity index is 2.19. The zero-order valence-electron chi connectivity index (χ0n) is 10.5. The molecule has 0 atom stereocenters. The van der Waals surface area contributed by atoms with E-state index in [4.69, 9.17) is 0 Å². The van der Waals surface area contributed by atoms with Crippen molar-refractivity contribution in [1.29, 1.82) is 0 Å². The summed E-state index contributed by atoms with van der Waals surface area (Å²) in [6, 6.07) is 6.39. The van der Waals surface area contributed by atoms with E-state index in [1.807, 2.05) is 18.2 Å². The molecule has 0 spiro atoms. The number of hydrogen-bond acceptors (Lipinski definition) is 1. The van der Waals surface area contributed by atoms with E-state index in [2.05, 4.69) is 50.3 Å². The summed E-state index contributed by atoms with van der Waals surface area (Å²) in [6.07, 6.45) is 4.55. The number of halogens is 2. The van der Waals surface area contributed by atoms with E-state index in [0.29, 0.717) is 6.04 Å². The molecule has 0 N–H and O–H groups in total. The number of hydrogen-bond donors (Lipinski definition) is 0. The Morgan fingerprint density at radius 3 is 2.83 bits per heavy atom. The third kappa shape index (κ3) is 3.47. The van der Waals surface area contributed by atoms with Crippen LogP contribution in [0.25, 0.3) is 0 Å². The average Bonchev–Trinajstić information content (AvgIpc) is 3.17. The van der Waals surface area contributed by atoms with Crippen LogP contribution in [0.2, 0.25) is 0 Å². The highest BCUT2D eigenvalue weighted by Crippen LogP contribution is 2.30. The lowest BCUT2D eigenvalue weighted by Crippen LogP contribution is -2.34. The Hall–Kier alpha value is -0.100. The highest BCUT2D eigenvalue weighted by Gasteiger charge is 2.33. The molecule has 2 nitrogen and oxygen atoms in total. The topological polar surface area (TPSA) is 20.3 Å². The van der Waals surface area contributed by atoms with Crippen molar-refractivity contribution in [1.82, 2.24) is 4.90 Å². The fraction of sp³-hybridized carbons (Fsp3) is 0.500. The molecule has 1 saturated carbocycles. The van der Waals surface area contributed by atoms with Gasteiger partial charge in [-0.2, -0.15) is 0 Å². The number of rotatable bonds is 5. The Bertz CT molecular complexity index is 445. The van der Waals surface area contributed by atoms with E-state index in [-0.39, 0.29) is 5.91 Å². The van der Waals surface area contributed by atoms with Gasteiger partial charge in [0.05, 0.1) is 5.56 Å². The molecule has 98 valence electrons. The maximum Gasteiger partial charge on any atom is 0.255 e. The molecule has 0 bridgehead atoms. The Kier molecular flexibility index (Phi) is 5.06. The van der Waals surface area contributed by atoms with Crippen molar-refractivity contribution in [2.75, 3.05) is 6.54 Å². The first kappa shape index (κ1) is 14.3. The largest absolute Gasteiger partial charge is 0.336 e. The lowest BCUT2D eigenvalue weighted by molar-refractivity contribution is 0.0739. The molecule has 1 amide bonds. The molecule has 1 aliphatic rings. The fourth-order valence-corrected chi connectivity index (χ4v) is 2.91. The average molecular weight is 422 g/mol. The van der Waals surface area contributed by atoms with Crippen LogP contribution < -0.4 is 0 Å². The van der Waals surface area contributed by atoms with Crippen molar-refractivity contribution >= 4 is 44.4 Å². The smallest absolute Gasteiger partial charge is 0.255 e.